The van der Waals surface area contributed by atoms with Crippen molar-refractivity contribution in [3.05, 3.63) is 60.3 Å². The smallest absolute Gasteiger partial charge is 0.159 e. The van der Waals surface area contributed by atoms with Crippen LogP contribution in [0.3, 0.4) is 0 Å². The monoisotopic (exact) mass is 343 g/mol. The van der Waals surface area contributed by atoms with E-state index in [-0.39, 0.29) is 0 Å². The van der Waals surface area contributed by atoms with Gasteiger partial charge in [0.05, 0.1) is 18.0 Å². The van der Waals surface area contributed by atoms with Crippen LogP contribution in [0.25, 0.3) is 21.9 Å². The number of furan rings is 1. The first-order valence-corrected chi connectivity index (χ1v) is 9.05. The number of aryl methyl sites for hydroxylation is 1. The Morgan fingerprint density at radius 3 is 2.69 bits per heavy atom. The van der Waals surface area contributed by atoms with E-state index in [9.17, 15) is 0 Å². The van der Waals surface area contributed by atoms with E-state index in [2.05, 4.69) is 60.9 Å². The van der Waals surface area contributed by atoms with Crippen LogP contribution in [0.15, 0.2) is 59.1 Å². The van der Waals surface area contributed by atoms with E-state index >= 15 is 0 Å². The SMILES string of the molecule is Cc1ccc2c(oc3ccccc32)c1N1CN(C(C)C)c2cccnc21. The predicted octanol–water partition coefficient (Wildman–Crippen LogP) is 5.61. The van der Waals surface area contributed by atoms with Crippen LogP contribution in [0.2, 0.25) is 0 Å². The molecule has 26 heavy (non-hydrogen) atoms. The maximum atomic E-state index is 6.30. The van der Waals surface area contributed by atoms with Crippen LogP contribution in [0, 0.1) is 6.92 Å². The minimum absolute atomic E-state index is 0.401. The van der Waals surface area contributed by atoms with Crippen molar-refractivity contribution in [1.29, 1.82) is 0 Å². The third kappa shape index (κ3) is 2.05. The summed E-state index contributed by atoms with van der Waals surface area (Å²) in [6, 6.07) is 17.1. The molecule has 4 aromatic rings. The number of fused-ring (bicyclic) bond motifs is 4. The molecule has 0 saturated heterocycles. The molecule has 0 N–H and O–H groups in total. The molecule has 3 heterocycles. The van der Waals surface area contributed by atoms with E-state index in [1.807, 2.05) is 24.4 Å². The highest BCUT2D eigenvalue weighted by molar-refractivity contribution is 6.10. The molecule has 0 saturated carbocycles. The zero-order valence-corrected chi connectivity index (χ0v) is 15.2. The maximum Gasteiger partial charge on any atom is 0.159 e. The number of nitrogens with zero attached hydrogens (tertiary/aromatic N) is 3. The maximum absolute atomic E-state index is 6.30. The molecule has 5 rings (SSSR count). The number of aromatic nitrogens is 1. The molecule has 0 aliphatic carbocycles. The number of pyridine rings is 1. The number of hydrogen-bond acceptors (Lipinski definition) is 4. The molecule has 0 amide bonds. The molecule has 4 heteroatoms. The summed E-state index contributed by atoms with van der Waals surface area (Å²) in [6.45, 7) is 7.35. The molecule has 0 radical (unpaired) electrons. The Bertz CT molecular complexity index is 1130. The van der Waals surface area contributed by atoms with Gasteiger partial charge in [-0.3, -0.25) is 0 Å². The van der Waals surface area contributed by atoms with E-state index in [0.717, 1.165) is 40.1 Å². The highest BCUT2D eigenvalue weighted by Gasteiger charge is 2.32. The molecule has 0 bridgehead atoms. The normalized spacial score (nSPS) is 14.0. The molecule has 2 aromatic carbocycles. The van der Waals surface area contributed by atoms with E-state index in [0.29, 0.717) is 6.04 Å². The highest BCUT2D eigenvalue weighted by Crippen LogP contribution is 2.45. The number of benzene rings is 2. The van der Waals surface area contributed by atoms with Gasteiger partial charge in [0.15, 0.2) is 11.4 Å². The Morgan fingerprint density at radius 2 is 1.85 bits per heavy atom. The summed E-state index contributed by atoms with van der Waals surface area (Å²) in [7, 11) is 0. The molecule has 4 nitrogen and oxygen atoms in total. The zero-order valence-electron chi connectivity index (χ0n) is 15.2. The van der Waals surface area contributed by atoms with Gasteiger partial charge < -0.3 is 14.2 Å². The second kappa shape index (κ2) is 5.49. The molecule has 0 spiro atoms. The second-order valence-corrected chi connectivity index (χ2v) is 7.19. The number of hydrogen-bond donors (Lipinski definition) is 0. The van der Waals surface area contributed by atoms with Gasteiger partial charge in [0.1, 0.15) is 5.58 Å². The summed E-state index contributed by atoms with van der Waals surface area (Å²) >= 11 is 0. The Labute approximate surface area is 152 Å². The molecule has 130 valence electrons. The molecular formula is C22H21N3O. The lowest BCUT2D eigenvalue weighted by Crippen LogP contribution is -2.33. The predicted molar refractivity (Wildman–Crippen MR) is 107 cm³/mol. The summed E-state index contributed by atoms with van der Waals surface area (Å²) in [4.78, 5) is 9.36. The quantitative estimate of drug-likeness (QED) is 0.473. The third-order valence-electron chi connectivity index (χ3n) is 5.24. The first-order valence-electron chi connectivity index (χ1n) is 9.05. The van der Waals surface area contributed by atoms with Crippen molar-refractivity contribution < 1.29 is 4.42 Å². The number of anilines is 3. The topological polar surface area (TPSA) is 32.5 Å². The Kier molecular flexibility index (Phi) is 3.23. The number of para-hydroxylation sites is 1. The van der Waals surface area contributed by atoms with Gasteiger partial charge in [-0.05, 0) is 44.5 Å². The molecule has 0 unspecified atom stereocenters. The minimum atomic E-state index is 0.401. The lowest BCUT2D eigenvalue weighted by atomic mass is 10.1. The Balaban J connectivity index is 1.78. The van der Waals surface area contributed by atoms with Crippen LogP contribution in [0.1, 0.15) is 19.4 Å². The van der Waals surface area contributed by atoms with Crippen molar-refractivity contribution >= 4 is 39.1 Å². The first kappa shape index (κ1) is 15.3. The summed E-state index contributed by atoms with van der Waals surface area (Å²) in [5.74, 6) is 0.997. The van der Waals surface area contributed by atoms with Crippen LogP contribution in [-0.2, 0) is 0 Å². The van der Waals surface area contributed by atoms with Gasteiger partial charge >= 0.3 is 0 Å². The van der Waals surface area contributed by atoms with E-state index in [4.69, 9.17) is 9.40 Å². The first-order chi connectivity index (χ1) is 12.6. The van der Waals surface area contributed by atoms with Gasteiger partial charge in [0.2, 0.25) is 0 Å². The second-order valence-electron chi connectivity index (χ2n) is 7.19. The average Bonchev–Trinajstić information content (AvgIpc) is 3.20. The van der Waals surface area contributed by atoms with Gasteiger partial charge in [-0.1, -0.05) is 30.3 Å². The molecular weight excluding hydrogens is 322 g/mol. The Morgan fingerprint density at radius 1 is 1.00 bits per heavy atom. The lowest BCUT2D eigenvalue weighted by Gasteiger charge is -2.25. The van der Waals surface area contributed by atoms with Gasteiger partial charge in [-0.2, -0.15) is 0 Å². The summed E-state index contributed by atoms with van der Waals surface area (Å²) < 4.78 is 6.30. The molecule has 1 aliphatic rings. The zero-order chi connectivity index (χ0) is 17.8. The highest BCUT2D eigenvalue weighted by atomic mass is 16.3. The van der Waals surface area contributed by atoms with Crippen molar-refractivity contribution in [2.45, 2.75) is 26.8 Å². The fourth-order valence-electron chi connectivity index (χ4n) is 3.94. The van der Waals surface area contributed by atoms with Crippen LogP contribution in [0.4, 0.5) is 17.2 Å². The molecule has 0 fully saturated rings. The Hall–Kier alpha value is -3.01. The van der Waals surface area contributed by atoms with Gasteiger partial charge in [-0.25, -0.2) is 4.98 Å². The summed E-state index contributed by atoms with van der Waals surface area (Å²) in [5.41, 5.74) is 5.35. The summed E-state index contributed by atoms with van der Waals surface area (Å²) in [5, 5.41) is 2.31. The van der Waals surface area contributed by atoms with Gasteiger partial charge in [0.25, 0.3) is 0 Å². The van der Waals surface area contributed by atoms with Crippen molar-refractivity contribution in [1.82, 2.24) is 4.98 Å². The van der Waals surface area contributed by atoms with Crippen molar-refractivity contribution in [3.63, 3.8) is 0 Å². The molecule has 2 aromatic heterocycles. The fraction of sp³-hybridized carbons (Fsp3) is 0.227. The van der Waals surface area contributed by atoms with Crippen LogP contribution < -0.4 is 9.80 Å². The van der Waals surface area contributed by atoms with E-state index in [1.54, 1.807) is 0 Å². The van der Waals surface area contributed by atoms with Gasteiger partial charge in [0, 0.05) is 23.0 Å². The molecule has 1 aliphatic heterocycles. The van der Waals surface area contributed by atoms with Crippen LogP contribution >= 0.6 is 0 Å². The average molecular weight is 343 g/mol. The summed E-state index contributed by atoms with van der Waals surface area (Å²) in [6.07, 6.45) is 1.86. The lowest BCUT2D eigenvalue weighted by molar-refractivity contribution is 0.664. The standard InChI is InChI=1S/C22H21N3O/c1-14(2)24-13-25(22-18(24)8-6-12-23-22)20-15(3)10-11-17-16-7-4-5-9-19(16)26-21(17)20/h4-12,14H,13H2,1-3H3. The van der Waals surface area contributed by atoms with Crippen molar-refractivity contribution in [2.75, 3.05) is 16.5 Å². The minimum Gasteiger partial charge on any atom is -0.454 e. The van der Waals surface area contributed by atoms with Crippen molar-refractivity contribution in [3.8, 4) is 0 Å². The third-order valence-corrected chi connectivity index (χ3v) is 5.24. The van der Waals surface area contributed by atoms with Crippen LogP contribution in [-0.4, -0.2) is 17.7 Å². The van der Waals surface area contributed by atoms with E-state index < -0.39 is 0 Å². The van der Waals surface area contributed by atoms with E-state index in [1.165, 1.54) is 11.3 Å². The van der Waals surface area contributed by atoms with Gasteiger partial charge in [-0.15, -0.1) is 0 Å². The molecule has 0 atom stereocenters. The van der Waals surface area contributed by atoms with Crippen LogP contribution in [0.5, 0.6) is 0 Å². The number of rotatable bonds is 2. The largest absolute Gasteiger partial charge is 0.454 e. The fourth-order valence-corrected chi connectivity index (χ4v) is 3.94. The van der Waals surface area contributed by atoms with Crippen molar-refractivity contribution in [2.24, 2.45) is 0 Å².